The molecule has 1 saturated carbocycles. The number of fused-ring (bicyclic) bond motifs is 3. The van der Waals surface area contributed by atoms with Gasteiger partial charge in [-0.3, -0.25) is 25.0 Å². The number of hydrogen-bond donors (Lipinski definition) is 1. The van der Waals surface area contributed by atoms with Crippen LogP contribution < -0.4 is 5.32 Å². The summed E-state index contributed by atoms with van der Waals surface area (Å²) in [5.74, 6) is -0.131. The van der Waals surface area contributed by atoms with E-state index in [1.807, 2.05) is 12.1 Å². The number of benzene rings is 3. The molecule has 5 rings (SSSR count). The number of ketones is 1. The Balaban J connectivity index is 1.55. The summed E-state index contributed by atoms with van der Waals surface area (Å²) < 4.78 is 0. The Kier molecular flexibility index (Phi) is 6.44. The predicted molar refractivity (Wildman–Crippen MR) is 139 cm³/mol. The zero-order chi connectivity index (χ0) is 25.6. The summed E-state index contributed by atoms with van der Waals surface area (Å²) in [5, 5.41) is 25.8. The molecule has 1 aliphatic carbocycles. The first kappa shape index (κ1) is 24.3. The van der Waals surface area contributed by atoms with Gasteiger partial charge in [0.15, 0.2) is 5.78 Å². The van der Waals surface area contributed by atoms with Gasteiger partial charge in [-0.1, -0.05) is 24.3 Å². The lowest BCUT2D eigenvalue weighted by molar-refractivity contribution is -0.387. The average Bonchev–Trinajstić information content (AvgIpc) is 3.19. The molecular formula is C26H22ClN3O5S. The maximum atomic E-state index is 12.1. The SMILES string of the molecule is CC(=O)c1ccc2c(c1)[C@@H]1[C@H](Cl)[C@H](Sc3ccccc3[N+](=O)[O-])C[C@H]1[C@H](c1ccc([N+](=O)[O-])cc1)N2. The average molecular weight is 524 g/mol. The fraction of sp³-hybridized carbons (Fsp3) is 0.269. The summed E-state index contributed by atoms with van der Waals surface area (Å²) in [4.78, 5) is 34.6. The van der Waals surface area contributed by atoms with Gasteiger partial charge in [0.1, 0.15) is 0 Å². The van der Waals surface area contributed by atoms with Crippen LogP contribution in [0.3, 0.4) is 0 Å². The summed E-state index contributed by atoms with van der Waals surface area (Å²) in [6, 6.07) is 18.5. The third-order valence-corrected chi connectivity index (χ3v) is 9.14. The van der Waals surface area contributed by atoms with Crippen LogP contribution in [0.2, 0.25) is 0 Å². The molecule has 1 fully saturated rings. The van der Waals surface area contributed by atoms with Crippen molar-refractivity contribution in [1.29, 1.82) is 0 Å². The summed E-state index contributed by atoms with van der Waals surface area (Å²) in [6.07, 6.45) is 0.675. The van der Waals surface area contributed by atoms with Crippen molar-refractivity contribution in [1.82, 2.24) is 0 Å². The second-order valence-corrected chi connectivity index (χ2v) is 10.9. The van der Waals surface area contributed by atoms with Crippen LogP contribution >= 0.6 is 23.4 Å². The van der Waals surface area contributed by atoms with E-state index in [1.54, 1.807) is 36.4 Å². The van der Waals surface area contributed by atoms with Gasteiger partial charge >= 0.3 is 0 Å². The van der Waals surface area contributed by atoms with E-state index in [0.717, 1.165) is 16.8 Å². The number of alkyl halides is 1. The van der Waals surface area contributed by atoms with Crippen molar-refractivity contribution < 1.29 is 14.6 Å². The number of para-hydroxylation sites is 1. The molecule has 3 aromatic carbocycles. The third kappa shape index (κ3) is 4.33. The summed E-state index contributed by atoms with van der Waals surface area (Å²) >= 11 is 8.53. The minimum absolute atomic E-state index is 0.0175. The number of anilines is 1. The Morgan fingerprint density at radius 1 is 1.03 bits per heavy atom. The van der Waals surface area contributed by atoms with E-state index in [1.165, 1.54) is 36.9 Å². The van der Waals surface area contributed by atoms with Gasteiger partial charge < -0.3 is 5.32 Å². The van der Waals surface area contributed by atoms with E-state index in [0.29, 0.717) is 16.9 Å². The Hall–Kier alpha value is -3.43. The highest BCUT2D eigenvalue weighted by atomic mass is 35.5. The lowest BCUT2D eigenvalue weighted by Crippen LogP contribution is -2.31. The molecule has 2 aliphatic rings. The zero-order valence-corrected chi connectivity index (χ0v) is 20.7. The predicted octanol–water partition coefficient (Wildman–Crippen LogP) is 6.74. The van der Waals surface area contributed by atoms with Crippen LogP contribution in [-0.2, 0) is 0 Å². The third-order valence-electron chi connectivity index (χ3n) is 7.02. The van der Waals surface area contributed by atoms with E-state index in [2.05, 4.69) is 5.32 Å². The van der Waals surface area contributed by atoms with Crippen molar-refractivity contribution in [3.8, 4) is 0 Å². The molecule has 0 aromatic heterocycles. The Labute approximate surface area is 216 Å². The van der Waals surface area contributed by atoms with Gasteiger partial charge in [-0.15, -0.1) is 23.4 Å². The first-order valence-electron chi connectivity index (χ1n) is 11.4. The van der Waals surface area contributed by atoms with Gasteiger partial charge in [-0.2, -0.15) is 0 Å². The number of nitro benzene ring substituents is 2. The molecule has 0 amide bonds. The first-order chi connectivity index (χ1) is 17.2. The first-order valence-corrected chi connectivity index (χ1v) is 12.8. The van der Waals surface area contributed by atoms with Crippen LogP contribution in [0.5, 0.6) is 0 Å². The number of Topliss-reactive ketones (excluding diaryl/α,β-unsaturated/α-hetero) is 1. The van der Waals surface area contributed by atoms with Crippen molar-refractivity contribution in [3.63, 3.8) is 0 Å². The van der Waals surface area contributed by atoms with Gasteiger partial charge in [0.05, 0.1) is 26.2 Å². The smallest absolute Gasteiger partial charge is 0.282 e. The van der Waals surface area contributed by atoms with Gasteiger partial charge in [0, 0.05) is 40.6 Å². The molecule has 184 valence electrons. The molecule has 1 N–H and O–H groups in total. The number of rotatable bonds is 6. The topological polar surface area (TPSA) is 115 Å². The van der Waals surface area contributed by atoms with Gasteiger partial charge in [0.2, 0.25) is 0 Å². The summed E-state index contributed by atoms with van der Waals surface area (Å²) in [7, 11) is 0. The van der Waals surface area contributed by atoms with E-state index in [9.17, 15) is 25.0 Å². The molecule has 1 aliphatic heterocycles. The molecule has 0 bridgehead atoms. The number of non-ortho nitro benzene ring substituents is 1. The monoisotopic (exact) mass is 523 g/mol. The largest absolute Gasteiger partial charge is 0.378 e. The lowest BCUT2D eigenvalue weighted by atomic mass is 9.76. The van der Waals surface area contributed by atoms with Crippen LogP contribution in [-0.4, -0.2) is 26.3 Å². The number of halogens is 1. The summed E-state index contributed by atoms with van der Waals surface area (Å²) in [5.41, 5.74) is 3.39. The van der Waals surface area contributed by atoms with E-state index < -0.39 is 4.92 Å². The van der Waals surface area contributed by atoms with Gasteiger partial charge in [-0.25, -0.2) is 0 Å². The van der Waals surface area contributed by atoms with Crippen molar-refractivity contribution in [2.45, 2.75) is 40.8 Å². The van der Waals surface area contributed by atoms with Crippen molar-refractivity contribution in [3.05, 3.63) is 104 Å². The number of hydrogen-bond acceptors (Lipinski definition) is 7. The Morgan fingerprint density at radius 3 is 2.42 bits per heavy atom. The Morgan fingerprint density at radius 2 is 1.75 bits per heavy atom. The number of nitrogens with zero attached hydrogens (tertiary/aromatic N) is 2. The number of carbonyl (C=O) groups excluding carboxylic acids is 1. The molecule has 0 spiro atoms. The number of thioether (sulfide) groups is 1. The lowest BCUT2D eigenvalue weighted by Gasteiger charge is -2.38. The van der Waals surface area contributed by atoms with Crippen LogP contribution in [0.15, 0.2) is 71.6 Å². The molecule has 8 nitrogen and oxygen atoms in total. The van der Waals surface area contributed by atoms with E-state index in [4.69, 9.17) is 11.6 Å². The highest BCUT2D eigenvalue weighted by molar-refractivity contribution is 8.00. The molecule has 0 saturated heterocycles. The quantitative estimate of drug-likeness (QED) is 0.164. The normalized spacial score (nSPS) is 24.3. The second-order valence-electron chi connectivity index (χ2n) is 9.08. The maximum absolute atomic E-state index is 12.1. The molecule has 36 heavy (non-hydrogen) atoms. The molecule has 10 heteroatoms. The molecule has 3 aromatic rings. The maximum Gasteiger partial charge on any atom is 0.282 e. The molecule has 0 unspecified atom stereocenters. The second kappa shape index (κ2) is 9.55. The number of nitrogens with one attached hydrogen (secondary N) is 1. The van der Waals surface area contributed by atoms with E-state index in [-0.39, 0.29) is 50.6 Å². The number of nitro groups is 2. The molecular weight excluding hydrogens is 502 g/mol. The van der Waals surface area contributed by atoms with Gasteiger partial charge in [0.25, 0.3) is 11.4 Å². The van der Waals surface area contributed by atoms with Gasteiger partial charge in [-0.05, 0) is 54.7 Å². The minimum atomic E-state index is -0.427. The van der Waals surface area contributed by atoms with Crippen LogP contribution in [0.1, 0.15) is 46.8 Å². The van der Waals surface area contributed by atoms with Crippen LogP contribution in [0.25, 0.3) is 0 Å². The Bertz CT molecular complexity index is 1370. The van der Waals surface area contributed by atoms with Crippen LogP contribution in [0, 0.1) is 26.1 Å². The van der Waals surface area contributed by atoms with Crippen molar-refractivity contribution in [2.75, 3.05) is 5.32 Å². The number of carbonyl (C=O) groups is 1. The zero-order valence-electron chi connectivity index (χ0n) is 19.2. The van der Waals surface area contributed by atoms with Crippen LogP contribution in [0.4, 0.5) is 17.1 Å². The molecule has 5 atom stereocenters. The van der Waals surface area contributed by atoms with Crippen molar-refractivity contribution in [2.24, 2.45) is 5.92 Å². The van der Waals surface area contributed by atoms with Crippen molar-refractivity contribution >= 4 is 46.2 Å². The molecule has 1 heterocycles. The summed E-state index contributed by atoms with van der Waals surface area (Å²) in [6.45, 7) is 1.52. The highest BCUT2D eigenvalue weighted by Crippen LogP contribution is 2.58. The fourth-order valence-corrected chi connectivity index (χ4v) is 7.28. The minimum Gasteiger partial charge on any atom is -0.378 e. The van der Waals surface area contributed by atoms with E-state index >= 15 is 0 Å². The fourth-order valence-electron chi connectivity index (χ4n) is 5.34. The standard InChI is InChI=1S/C26H22ClN3O5S/c1-14(31)16-8-11-20-18(12-16)24-19(26(28-20)15-6-9-17(10-7-15)29(32)33)13-23(25(24)27)36-22-5-3-2-4-21(22)30(34)35/h2-12,19,23-26,28H,13H2,1H3/t19-,23-,24+,25-,26+/m1/s1. The molecule has 0 radical (unpaired) electrons. The highest BCUT2D eigenvalue weighted by Gasteiger charge is 2.50.